The molecule has 1 aromatic carbocycles. The summed E-state index contributed by atoms with van der Waals surface area (Å²) in [6, 6.07) is -8.41. The molecule has 0 spiro atoms. The van der Waals surface area contributed by atoms with Crippen molar-refractivity contribution in [2.75, 3.05) is 19.4 Å². The Morgan fingerprint density at radius 2 is 1.05 bits per heavy atom. The van der Waals surface area contributed by atoms with Crippen molar-refractivity contribution >= 4 is 89.5 Å². The lowest BCUT2D eigenvalue weighted by molar-refractivity contribution is -0.142. The number of unbranched alkanes of at least 4 members (excludes halogenated alkanes) is 1. The van der Waals surface area contributed by atoms with E-state index in [-0.39, 0.29) is 30.8 Å². The van der Waals surface area contributed by atoms with Crippen LogP contribution in [0.25, 0.3) is 0 Å². The highest BCUT2D eigenvalue weighted by Gasteiger charge is 2.38. The number of aromatic hydroxyl groups is 1. The highest BCUT2D eigenvalue weighted by molar-refractivity contribution is 7.80. The zero-order valence-corrected chi connectivity index (χ0v) is 46.8. The lowest BCUT2D eigenvalue weighted by Crippen LogP contribution is -2.62. The predicted molar refractivity (Wildman–Crippen MR) is 286 cm³/mol. The van der Waals surface area contributed by atoms with Crippen molar-refractivity contribution in [2.24, 2.45) is 17.6 Å². The van der Waals surface area contributed by atoms with Gasteiger partial charge in [-0.25, -0.2) is 0 Å². The van der Waals surface area contributed by atoms with Gasteiger partial charge in [0, 0.05) is 32.6 Å². The Balaban J connectivity index is 3.16. The van der Waals surface area contributed by atoms with Gasteiger partial charge in [-0.05, 0) is 55.7 Å². The number of primary amides is 1. The number of thiol groups is 1. The largest absolute Gasteiger partial charge is 0.508 e. The lowest BCUT2D eigenvalue weighted by atomic mass is 9.98. The van der Waals surface area contributed by atoms with Gasteiger partial charge in [0.15, 0.2) is 0 Å². The number of benzene rings is 1. The van der Waals surface area contributed by atoms with Gasteiger partial charge in [0.2, 0.25) is 65.0 Å². The van der Waals surface area contributed by atoms with Crippen molar-refractivity contribution in [3.8, 4) is 5.75 Å². The topological polar surface area (TPSA) is 440 Å². The summed E-state index contributed by atoms with van der Waals surface area (Å²) < 4.78 is 0. The normalized spacial score (nSPS) is 14.8. The number of aliphatic carboxylic acids is 2. The molecule has 10 atom stereocenters. The Kier molecular flexibility index (Phi) is 30.2. The molecule has 1 rings (SSSR count). The maximum atomic E-state index is 14.0. The van der Waals surface area contributed by atoms with E-state index in [1.807, 2.05) is 6.92 Å². The van der Waals surface area contributed by atoms with Crippen LogP contribution in [-0.2, 0) is 68.7 Å². The van der Waals surface area contributed by atoms with Crippen LogP contribution in [0.2, 0.25) is 0 Å². The number of phenols is 1. The molecule has 0 heterocycles. The summed E-state index contributed by atoms with van der Waals surface area (Å²) in [4.78, 5) is 170. The van der Waals surface area contributed by atoms with E-state index in [4.69, 9.17) is 10.8 Å². The Morgan fingerprint density at radius 1 is 0.582 bits per heavy atom. The number of nitrogens with two attached hydrogens (primary N) is 1. The number of nitrogens with zero attached hydrogens (tertiary/aromatic N) is 1. The summed E-state index contributed by atoms with van der Waals surface area (Å²) in [5.41, 5.74) is 6.03. The fourth-order valence-electron chi connectivity index (χ4n) is 7.56. The summed E-state index contributed by atoms with van der Waals surface area (Å²) in [5.74, 6) is -14.4. The van der Waals surface area contributed by atoms with Crippen molar-refractivity contribution in [1.29, 1.82) is 0 Å². The fourth-order valence-corrected chi connectivity index (χ4v) is 7.97. The van der Waals surface area contributed by atoms with Gasteiger partial charge in [0.25, 0.3) is 0 Å². The van der Waals surface area contributed by atoms with E-state index >= 15 is 0 Å². The molecular formula is C50H79N11O17S. The summed E-state index contributed by atoms with van der Waals surface area (Å²) in [5, 5.41) is 60.0. The van der Waals surface area contributed by atoms with Crippen LogP contribution >= 0.6 is 12.6 Å². The number of carbonyl (C=O) groups is 13. The molecule has 0 unspecified atom stereocenters. The van der Waals surface area contributed by atoms with E-state index in [9.17, 15) is 77.6 Å². The second-order valence-electron chi connectivity index (χ2n) is 19.4. The highest BCUT2D eigenvalue weighted by Crippen LogP contribution is 2.14. The van der Waals surface area contributed by atoms with Crippen molar-refractivity contribution in [3.05, 3.63) is 29.8 Å². The first-order valence-corrected chi connectivity index (χ1v) is 26.2. The minimum atomic E-state index is -1.81. The van der Waals surface area contributed by atoms with Crippen molar-refractivity contribution in [2.45, 2.75) is 167 Å². The third-order valence-corrected chi connectivity index (χ3v) is 12.6. The molecule has 0 aliphatic heterocycles. The SMILES string of the molecule is CCCC[C@H](NC(=O)[C@H](C)NC(=O)[C@H](CS)N(C)C(=O)[C@H](CC)NC(=O)[C@@H](NC(=O)[C@@H](NC(=O)[C@H](CC(=O)O)NC(=O)[C@H](CCC(=O)O)NC(C)=O)C(C)C)C(C)C)C(=O)N[C@@H](CO)C(=O)N[C@@H](Cc1ccc(O)cc1)C(N)=O. The van der Waals surface area contributed by atoms with E-state index in [0.29, 0.717) is 18.4 Å². The highest BCUT2D eigenvalue weighted by atomic mass is 32.1. The Bertz CT molecular complexity index is 2320. The van der Waals surface area contributed by atoms with E-state index in [1.54, 1.807) is 20.8 Å². The first-order chi connectivity index (χ1) is 36.9. The maximum absolute atomic E-state index is 14.0. The third-order valence-electron chi connectivity index (χ3n) is 12.2. The molecule has 0 saturated heterocycles. The number of phenolic OH excluding ortho intramolecular Hbond substituents is 1. The molecule has 29 heteroatoms. The molecule has 0 fully saturated rings. The zero-order valence-electron chi connectivity index (χ0n) is 45.9. The Hall–Kier alpha value is -7.56. The summed E-state index contributed by atoms with van der Waals surface area (Å²) >= 11 is 4.26. The van der Waals surface area contributed by atoms with Gasteiger partial charge >= 0.3 is 11.9 Å². The zero-order chi connectivity index (χ0) is 60.4. The minimum absolute atomic E-state index is 0.0284. The first kappa shape index (κ1) is 69.5. The van der Waals surface area contributed by atoms with Crippen LogP contribution < -0.4 is 53.6 Å². The molecule has 0 aliphatic carbocycles. The molecule has 0 bridgehead atoms. The minimum Gasteiger partial charge on any atom is -0.508 e. The van der Waals surface area contributed by atoms with Gasteiger partial charge in [0.05, 0.1) is 13.0 Å². The van der Waals surface area contributed by atoms with Crippen LogP contribution in [0.4, 0.5) is 0 Å². The van der Waals surface area contributed by atoms with Gasteiger partial charge in [-0.15, -0.1) is 0 Å². The number of aliphatic hydroxyl groups excluding tert-OH is 1. The van der Waals surface area contributed by atoms with Gasteiger partial charge in [-0.1, -0.05) is 66.5 Å². The summed E-state index contributed by atoms with van der Waals surface area (Å²) in [6.07, 6.45) is -0.982. The number of likely N-dealkylation sites (N-methyl/N-ethyl adjacent to an activating group) is 1. The second kappa shape index (κ2) is 34.3. The van der Waals surface area contributed by atoms with Crippen LogP contribution in [0.15, 0.2) is 24.3 Å². The van der Waals surface area contributed by atoms with Gasteiger partial charge < -0.3 is 78.9 Å². The van der Waals surface area contributed by atoms with Crippen LogP contribution in [0.5, 0.6) is 5.75 Å². The van der Waals surface area contributed by atoms with Crippen LogP contribution in [0.3, 0.4) is 0 Å². The van der Waals surface area contributed by atoms with Crippen LogP contribution in [0, 0.1) is 11.8 Å². The molecule has 15 N–H and O–H groups in total. The van der Waals surface area contributed by atoms with Gasteiger partial charge in [-0.3, -0.25) is 62.3 Å². The van der Waals surface area contributed by atoms with E-state index < -0.39 is 175 Å². The molecule has 0 saturated carbocycles. The lowest BCUT2D eigenvalue weighted by Gasteiger charge is -2.32. The van der Waals surface area contributed by atoms with Gasteiger partial charge in [-0.2, -0.15) is 12.6 Å². The monoisotopic (exact) mass is 1140 g/mol. The second-order valence-corrected chi connectivity index (χ2v) is 19.8. The Labute approximate surface area is 463 Å². The van der Waals surface area contributed by atoms with E-state index in [1.165, 1.54) is 52.1 Å². The molecular weight excluding hydrogens is 1060 g/mol. The number of amides is 11. The standard InChI is InChI=1S/C50H79N11O17S/c1-10-12-13-31(43(71)58-35(22-62)46(74)56-33(41(51)69)20-28-14-16-29(64)17-15-28)55-42(70)26(7)52-47(75)36(23-79)61(9)50(78)30(11-2)54-48(76)39(24(3)4)60-49(77)40(25(5)6)59-45(73)34(21-38(67)68)57-44(72)32(53-27(8)63)18-19-37(65)66/h14-17,24-26,30-36,39-40,62,64,79H,10-13,18-23H2,1-9H3,(H2,51,69)(H,52,75)(H,53,63)(H,54,76)(H,55,70)(H,56,74)(H,57,72)(H,58,71)(H,59,73)(H,60,77)(H,65,66)(H,67,68)/t26-,30-,31-,32-,33-,34-,35-,36-,39-,40-/m0/s1. The summed E-state index contributed by atoms with van der Waals surface area (Å²) in [6.45, 7) is 11.0. The molecule has 0 radical (unpaired) electrons. The number of carboxylic acids is 2. The number of hydrogen-bond acceptors (Lipinski definition) is 16. The quantitative estimate of drug-likeness (QED) is 0.0298. The fraction of sp³-hybridized carbons (Fsp3) is 0.620. The smallest absolute Gasteiger partial charge is 0.305 e. The first-order valence-electron chi connectivity index (χ1n) is 25.6. The van der Waals surface area contributed by atoms with Crippen molar-refractivity contribution in [3.63, 3.8) is 0 Å². The number of aliphatic hydroxyl groups is 1. The molecule has 11 amide bonds. The van der Waals surface area contributed by atoms with Crippen molar-refractivity contribution < 1.29 is 82.8 Å². The molecule has 79 heavy (non-hydrogen) atoms. The molecule has 1 aromatic rings. The number of rotatable bonds is 35. The average Bonchev–Trinajstić information content (AvgIpc) is 3.37. The van der Waals surface area contributed by atoms with E-state index in [0.717, 1.165) is 11.8 Å². The number of carboxylic acid groups (broad SMARTS) is 2. The molecule has 0 aromatic heterocycles. The maximum Gasteiger partial charge on any atom is 0.305 e. The number of carbonyl (C=O) groups excluding carboxylic acids is 11. The molecule has 28 nitrogen and oxygen atoms in total. The third kappa shape index (κ3) is 23.9. The number of hydrogen-bond donors (Lipinski definition) is 15. The predicted octanol–water partition coefficient (Wildman–Crippen LogP) is -3.18. The van der Waals surface area contributed by atoms with Crippen molar-refractivity contribution in [1.82, 2.24) is 52.8 Å². The Morgan fingerprint density at radius 3 is 1.52 bits per heavy atom. The van der Waals surface area contributed by atoms with E-state index in [2.05, 4.69) is 60.5 Å². The summed E-state index contributed by atoms with van der Waals surface area (Å²) in [7, 11) is 1.26. The molecule has 442 valence electrons. The van der Waals surface area contributed by atoms with Gasteiger partial charge in [0.1, 0.15) is 66.2 Å². The number of nitrogens with one attached hydrogen (secondary N) is 9. The van der Waals surface area contributed by atoms with Crippen LogP contribution in [-0.4, -0.2) is 182 Å². The van der Waals surface area contributed by atoms with Crippen LogP contribution in [0.1, 0.15) is 106 Å². The average molecular weight is 1140 g/mol. The molecule has 0 aliphatic rings.